The van der Waals surface area contributed by atoms with Crippen LogP contribution in [0.4, 0.5) is 5.69 Å². The van der Waals surface area contributed by atoms with E-state index in [4.69, 9.17) is 16.3 Å². The Morgan fingerprint density at radius 2 is 2.06 bits per heavy atom. The minimum atomic E-state index is -1.16. The Hall–Kier alpha value is -2.16. The minimum absolute atomic E-state index is 0.0458. The fourth-order valence-corrected chi connectivity index (χ4v) is 6.34. The molecule has 3 unspecified atom stereocenters. The standard InChI is InChI=1S/C23H30ClN3O5/c1-11-7-6-8-14(24)17(11)26-20(30)18-23-9-12(2)22(4,32-23)15(19(29)25-5)16(23)21(31)27(18)13(3)10-28/h6-8,12-13,15-16,18,28H,9-10H2,1-5H3,(H,25,29)(H,26,30)/t12?,13-,15-,16+,18?,22+,23?/m1/s1. The molecule has 0 aliphatic carbocycles. The number of fused-ring (bicyclic) bond motifs is 1. The van der Waals surface area contributed by atoms with E-state index < -0.39 is 41.0 Å². The number of aliphatic hydroxyl groups excluding tert-OH is 1. The molecule has 3 amide bonds. The number of carbonyl (C=O) groups is 3. The van der Waals surface area contributed by atoms with Gasteiger partial charge < -0.3 is 25.4 Å². The Morgan fingerprint density at radius 1 is 1.38 bits per heavy atom. The third-order valence-corrected chi connectivity index (χ3v) is 8.05. The summed E-state index contributed by atoms with van der Waals surface area (Å²) in [5, 5.41) is 15.8. The maximum Gasteiger partial charge on any atom is 0.250 e. The van der Waals surface area contributed by atoms with Crippen LogP contribution in [0.3, 0.4) is 0 Å². The van der Waals surface area contributed by atoms with E-state index in [0.717, 1.165) is 5.56 Å². The number of carbonyl (C=O) groups excluding carboxylic acids is 3. The SMILES string of the molecule is CNC(=O)[C@H]1[C@H]2C(=O)N([C@H](C)CO)C(C(=O)Nc3c(C)cccc3Cl)C23CC(C)[C@]1(C)O3. The first kappa shape index (κ1) is 23.0. The monoisotopic (exact) mass is 463 g/mol. The maximum atomic E-state index is 13.8. The summed E-state index contributed by atoms with van der Waals surface area (Å²) in [4.78, 5) is 41.8. The number of nitrogens with one attached hydrogen (secondary N) is 2. The van der Waals surface area contributed by atoms with Crippen molar-refractivity contribution in [3.05, 3.63) is 28.8 Å². The molecule has 32 heavy (non-hydrogen) atoms. The predicted octanol–water partition coefficient (Wildman–Crippen LogP) is 1.72. The Labute approximate surface area is 192 Å². The van der Waals surface area contributed by atoms with E-state index in [1.54, 1.807) is 19.1 Å². The summed E-state index contributed by atoms with van der Waals surface area (Å²) in [5.74, 6) is -2.63. The molecule has 7 atom stereocenters. The molecule has 9 heteroatoms. The van der Waals surface area contributed by atoms with Gasteiger partial charge in [-0.3, -0.25) is 14.4 Å². The molecule has 3 aliphatic heterocycles. The number of aryl methyl sites for hydroxylation is 1. The van der Waals surface area contributed by atoms with Gasteiger partial charge in [0.2, 0.25) is 17.7 Å². The number of aliphatic hydroxyl groups is 1. The Morgan fingerprint density at radius 3 is 2.66 bits per heavy atom. The number of hydrogen-bond donors (Lipinski definition) is 3. The van der Waals surface area contributed by atoms with Crippen LogP contribution in [0.25, 0.3) is 0 Å². The Kier molecular flexibility index (Phi) is 5.55. The molecule has 3 heterocycles. The predicted molar refractivity (Wildman–Crippen MR) is 119 cm³/mol. The molecular formula is C23H30ClN3O5. The highest BCUT2D eigenvalue weighted by Crippen LogP contribution is 2.65. The Balaban J connectivity index is 1.82. The lowest BCUT2D eigenvalue weighted by Gasteiger charge is -2.36. The highest BCUT2D eigenvalue weighted by molar-refractivity contribution is 6.34. The number of anilines is 1. The summed E-state index contributed by atoms with van der Waals surface area (Å²) < 4.78 is 6.55. The normalized spacial score (nSPS) is 36.2. The molecule has 0 aromatic heterocycles. The van der Waals surface area contributed by atoms with Gasteiger partial charge in [0.15, 0.2) is 0 Å². The van der Waals surface area contributed by atoms with Crippen molar-refractivity contribution in [3.63, 3.8) is 0 Å². The first-order valence-corrected chi connectivity index (χ1v) is 11.3. The van der Waals surface area contributed by atoms with Gasteiger partial charge in [-0.2, -0.15) is 0 Å². The third kappa shape index (κ3) is 2.92. The van der Waals surface area contributed by atoms with Crippen LogP contribution >= 0.6 is 11.6 Å². The highest BCUT2D eigenvalue weighted by Gasteiger charge is 2.80. The number of halogens is 1. The zero-order chi connectivity index (χ0) is 23.6. The largest absolute Gasteiger partial charge is 0.394 e. The molecule has 1 aromatic rings. The molecule has 1 spiro atoms. The fraction of sp³-hybridized carbons (Fsp3) is 0.609. The van der Waals surface area contributed by atoms with Gasteiger partial charge in [-0.25, -0.2) is 0 Å². The molecule has 3 N–H and O–H groups in total. The van der Waals surface area contributed by atoms with Crippen LogP contribution in [0.15, 0.2) is 18.2 Å². The summed E-state index contributed by atoms with van der Waals surface area (Å²) in [7, 11) is 1.53. The maximum absolute atomic E-state index is 13.8. The van der Waals surface area contributed by atoms with Gasteiger partial charge in [-0.1, -0.05) is 30.7 Å². The molecule has 2 bridgehead atoms. The molecule has 3 aliphatic rings. The third-order valence-electron chi connectivity index (χ3n) is 7.74. The van der Waals surface area contributed by atoms with Gasteiger partial charge in [0, 0.05) is 7.05 Å². The quantitative estimate of drug-likeness (QED) is 0.616. The van der Waals surface area contributed by atoms with Crippen LogP contribution in [0.2, 0.25) is 5.02 Å². The number of rotatable bonds is 5. The summed E-state index contributed by atoms with van der Waals surface area (Å²) in [5.41, 5.74) is -0.775. The van der Waals surface area contributed by atoms with Crippen LogP contribution in [0.1, 0.15) is 32.8 Å². The number of benzene rings is 1. The Bertz CT molecular complexity index is 966. The molecular weight excluding hydrogens is 434 g/mol. The topological polar surface area (TPSA) is 108 Å². The van der Waals surface area contributed by atoms with E-state index in [1.165, 1.54) is 11.9 Å². The second-order valence-corrected chi connectivity index (χ2v) is 9.92. The van der Waals surface area contributed by atoms with Gasteiger partial charge in [-0.05, 0) is 44.7 Å². The summed E-state index contributed by atoms with van der Waals surface area (Å²) in [6.07, 6.45) is 0.460. The van der Waals surface area contributed by atoms with Gasteiger partial charge >= 0.3 is 0 Å². The lowest BCUT2D eigenvalue weighted by molar-refractivity contribution is -0.148. The molecule has 8 nitrogen and oxygen atoms in total. The first-order valence-electron chi connectivity index (χ1n) is 10.9. The molecule has 1 aromatic carbocycles. The molecule has 174 valence electrons. The van der Waals surface area contributed by atoms with Gasteiger partial charge in [-0.15, -0.1) is 0 Å². The van der Waals surface area contributed by atoms with Crippen LogP contribution < -0.4 is 10.6 Å². The lowest BCUT2D eigenvalue weighted by Crippen LogP contribution is -2.56. The van der Waals surface area contributed by atoms with Crippen molar-refractivity contribution in [3.8, 4) is 0 Å². The van der Waals surface area contributed by atoms with Crippen LogP contribution in [-0.2, 0) is 19.1 Å². The van der Waals surface area contributed by atoms with Crippen LogP contribution in [-0.4, -0.2) is 64.7 Å². The van der Waals surface area contributed by atoms with Crippen molar-refractivity contribution in [2.75, 3.05) is 19.0 Å². The van der Waals surface area contributed by atoms with Crippen molar-refractivity contribution in [2.24, 2.45) is 17.8 Å². The summed E-state index contributed by atoms with van der Waals surface area (Å²) in [6, 6.07) is 3.68. The minimum Gasteiger partial charge on any atom is -0.394 e. The summed E-state index contributed by atoms with van der Waals surface area (Å²) >= 11 is 6.33. The molecule has 0 radical (unpaired) electrons. The van der Waals surface area contributed by atoms with E-state index >= 15 is 0 Å². The van der Waals surface area contributed by atoms with Crippen molar-refractivity contribution in [2.45, 2.75) is 57.4 Å². The lowest BCUT2D eigenvalue weighted by atomic mass is 9.62. The number of amides is 3. The van der Waals surface area contributed by atoms with E-state index in [-0.39, 0.29) is 24.3 Å². The first-order chi connectivity index (χ1) is 15.0. The zero-order valence-corrected chi connectivity index (χ0v) is 19.7. The van der Waals surface area contributed by atoms with E-state index in [1.807, 2.05) is 26.8 Å². The second kappa shape index (κ2) is 7.71. The average Bonchev–Trinajstić information content (AvgIpc) is 3.26. The highest BCUT2D eigenvalue weighted by atomic mass is 35.5. The number of ether oxygens (including phenoxy) is 1. The van der Waals surface area contributed by atoms with Gasteiger partial charge in [0.1, 0.15) is 11.6 Å². The molecule has 3 saturated heterocycles. The van der Waals surface area contributed by atoms with Crippen LogP contribution in [0.5, 0.6) is 0 Å². The summed E-state index contributed by atoms with van der Waals surface area (Å²) in [6.45, 7) is 7.03. The fourth-order valence-electron chi connectivity index (χ4n) is 6.08. The number of likely N-dealkylation sites (tertiary alicyclic amines) is 1. The number of hydrogen-bond acceptors (Lipinski definition) is 5. The van der Waals surface area contributed by atoms with Crippen molar-refractivity contribution >= 4 is 35.0 Å². The smallest absolute Gasteiger partial charge is 0.250 e. The zero-order valence-electron chi connectivity index (χ0n) is 18.9. The molecule has 3 fully saturated rings. The number of nitrogens with zero attached hydrogens (tertiary/aromatic N) is 1. The van der Waals surface area contributed by atoms with E-state index in [2.05, 4.69) is 10.6 Å². The second-order valence-electron chi connectivity index (χ2n) is 9.52. The van der Waals surface area contributed by atoms with E-state index in [0.29, 0.717) is 17.1 Å². The van der Waals surface area contributed by atoms with E-state index in [9.17, 15) is 19.5 Å². The van der Waals surface area contributed by atoms with Crippen molar-refractivity contribution in [1.82, 2.24) is 10.2 Å². The van der Waals surface area contributed by atoms with Crippen molar-refractivity contribution < 1.29 is 24.2 Å². The number of para-hydroxylation sites is 1. The van der Waals surface area contributed by atoms with Crippen molar-refractivity contribution in [1.29, 1.82) is 0 Å². The molecule has 0 saturated carbocycles. The van der Waals surface area contributed by atoms with Crippen LogP contribution in [0, 0.1) is 24.7 Å². The average molecular weight is 464 g/mol. The molecule has 4 rings (SSSR count). The van der Waals surface area contributed by atoms with Gasteiger partial charge in [0.05, 0.1) is 40.8 Å². The van der Waals surface area contributed by atoms with Gasteiger partial charge in [0.25, 0.3) is 0 Å².